The van der Waals surface area contributed by atoms with Crippen LogP contribution in [0.4, 0.5) is 0 Å². The number of aliphatic hydroxyl groups is 1. The molecule has 1 aromatic rings. The fraction of sp³-hybridized carbons (Fsp3) is 0.571. The first-order chi connectivity index (χ1) is 9.43. The first-order valence-corrected chi connectivity index (χ1v) is 8.83. The van der Waals surface area contributed by atoms with Crippen LogP contribution in [0.25, 0.3) is 0 Å². The normalized spacial score (nSPS) is 13.3. The van der Waals surface area contributed by atoms with Crippen LogP contribution in [0.5, 0.6) is 0 Å². The molecule has 1 aromatic carbocycles. The first kappa shape index (κ1) is 17.4. The van der Waals surface area contributed by atoms with Crippen LogP contribution in [0, 0.1) is 0 Å². The third-order valence-electron chi connectivity index (χ3n) is 2.75. The molecule has 0 bridgehead atoms. The standard InChI is InChI=1S/C14H21ClO4S/c1-2-3-8-20(17,18)11-14(16)10-19-9-12-4-6-13(15)7-5-12/h4-7,14,16H,2-3,8-11H2,1H3. The smallest absolute Gasteiger partial charge is 0.152 e. The number of rotatable bonds is 9. The van der Waals surface area contributed by atoms with Crippen molar-refractivity contribution < 1.29 is 18.3 Å². The second kappa shape index (κ2) is 8.62. The summed E-state index contributed by atoms with van der Waals surface area (Å²) in [5.74, 6) is -0.120. The van der Waals surface area contributed by atoms with Crippen molar-refractivity contribution in [2.75, 3.05) is 18.1 Å². The van der Waals surface area contributed by atoms with Gasteiger partial charge in [-0.2, -0.15) is 0 Å². The van der Waals surface area contributed by atoms with Gasteiger partial charge in [0.25, 0.3) is 0 Å². The Morgan fingerprint density at radius 1 is 1.30 bits per heavy atom. The van der Waals surface area contributed by atoms with Crippen molar-refractivity contribution in [1.82, 2.24) is 0 Å². The van der Waals surface area contributed by atoms with Crippen molar-refractivity contribution in [3.05, 3.63) is 34.9 Å². The zero-order chi connectivity index (χ0) is 15.0. The lowest BCUT2D eigenvalue weighted by atomic mass is 10.2. The average molecular weight is 321 g/mol. The SMILES string of the molecule is CCCCS(=O)(=O)CC(O)COCc1ccc(Cl)cc1. The molecule has 0 heterocycles. The van der Waals surface area contributed by atoms with Gasteiger partial charge in [0.05, 0.1) is 30.8 Å². The number of hydrogen-bond acceptors (Lipinski definition) is 4. The molecule has 0 aliphatic heterocycles. The van der Waals surface area contributed by atoms with E-state index in [4.69, 9.17) is 16.3 Å². The monoisotopic (exact) mass is 320 g/mol. The van der Waals surface area contributed by atoms with Crippen LogP contribution in [0.1, 0.15) is 25.3 Å². The molecule has 1 rings (SSSR count). The Morgan fingerprint density at radius 3 is 2.55 bits per heavy atom. The molecule has 4 nitrogen and oxygen atoms in total. The van der Waals surface area contributed by atoms with Crippen LogP contribution in [-0.4, -0.2) is 37.7 Å². The number of unbranched alkanes of at least 4 members (excludes halogenated alkanes) is 1. The van der Waals surface area contributed by atoms with E-state index in [0.29, 0.717) is 18.1 Å². The van der Waals surface area contributed by atoms with E-state index in [-0.39, 0.29) is 18.1 Å². The van der Waals surface area contributed by atoms with Crippen molar-refractivity contribution in [1.29, 1.82) is 0 Å². The predicted octanol–water partition coefficient (Wildman–Crippen LogP) is 2.43. The maximum Gasteiger partial charge on any atom is 0.152 e. The summed E-state index contributed by atoms with van der Waals surface area (Å²) in [4.78, 5) is 0. The quantitative estimate of drug-likeness (QED) is 0.759. The fourth-order valence-electron chi connectivity index (χ4n) is 1.68. The molecule has 1 unspecified atom stereocenters. The molecular weight excluding hydrogens is 300 g/mol. The second-order valence-corrected chi connectivity index (χ2v) is 7.43. The highest BCUT2D eigenvalue weighted by molar-refractivity contribution is 7.91. The molecule has 0 fully saturated rings. The van der Waals surface area contributed by atoms with Gasteiger partial charge >= 0.3 is 0 Å². The number of sulfone groups is 1. The molecule has 114 valence electrons. The highest BCUT2D eigenvalue weighted by atomic mass is 35.5. The van der Waals surface area contributed by atoms with Crippen LogP contribution in [0.2, 0.25) is 5.02 Å². The average Bonchev–Trinajstić information content (AvgIpc) is 2.38. The summed E-state index contributed by atoms with van der Waals surface area (Å²) in [6.07, 6.45) is 0.465. The molecule has 0 aromatic heterocycles. The van der Waals surface area contributed by atoms with Gasteiger partial charge in [0.2, 0.25) is 0 Å². The third-order valence-corrected chi connectivity index (χ3v) is 4.80. The highest BCUT2D eigenvalue weighted by Crippen LogP contribution is 2.10. The Hall–Kier alpha value is -0.620. The van der Waals surface area contributed by atoms with Gasteiger partial charge in [-0.1, -0.05) is 37.1 Å². The summed E-state index contributed by atoms with van der Waals surface area (Å²) in [7, 11) is -3.19. The number of ether oxygens (including phenoxy) is 1. The van der Waals surface area contributed by atoms with E-state index in [1.165, 1.54) is 0 Å². The van der Waals surface area contributed by atoms with Gasteiger partial charge in [0.1, 0.15) is 0 Å². The molecule has 0 saturated carbocycles. The summed E-state index contributed by atoms with van der Waals surface area (Å²) in [5.41, 5.74) is 0.926. The van der Waals surface area contributed by atoms with Crippen molar-refractivity contribution in [3.8, 4) is 0 Å². The van der Waals surface area contributed by atoms with Gasteiger partial charge in [-0.15, -0.1) is 0 Å². The molecule has 0 aliphatic carbocycles. The molecule has 1 atom stereocenters. The van der Waals surface area contributed by atoms with Gasteiger partial charge in [-0.05, 0) is 24.1 Å². The van der Waals surface area contributed by atoms with E-state index in [1.807, 2.05) is 19.1 Å². The Kier molecular flexibility index (Phi) is 7.51. The molecule has 0 radical (unpaired) electrons. The van der Waals surface area contributed by atoms with Crippen LogP contribution in [0.15, 0.2) is 24.3 Å². The van der Waals surface area contributed by atoms with Crippen molar-refractivity contribution in [2.24, 2.45) is 0 Å². The van der Waals surface area contributed by atoms with E-state index in [9.17, 15) is 13.5 Å². The summed E-state index contributed by atoms with van der Waals surface area (Å²) >= 11 is 5.76. The van der Waals surface area contributed by atoms with E-state index >= 15 is 0 Å². The molecule has 0 amide bonds. The van der Waals surface area contributed by atoms with Gasteiger partial charge in [0, 0.05) is 5.02 Å². The van der Waals surface area contributed by atoms with E-state index in [0.717, 1.165) is 12.0 Å². The van der Waals surface area contributed by atoms with Crippen molar-refractivity contribution in [2.45, 2.75) is 32.5 Å². The molecule has 0 spiro atoms. The van der Waals surface area contributed by atoms with Gasteiger partial charge in [-0.3, -0.25) is 0 Å². The van der Waals surface area contributed by atoms with Gasteiger partial charge in [0.15, 0.2) is 9.84 Å². The molecule has 0 aliphatic rings. The molecule has 20 heavy (non-hydrogen) atoms. The minimum atomic E-state index is -3.19. The number of benzene rings is 1. The predicted molar refractivity (Wildman–Crippen MR) is 80.7 cm³/mol. The van der Waals surface area contributed by atoms with E-state index in [2.05, 4.69) is 0 Å². The summed E-state index contributed by atoms with van der Waals surface area (Å²) in [6, 6.07) is 7.16. The Morgan fingerprint density at radius 2 is 1.95 bits per heavy atom. The zero-order valence-electron chi connectivity index (χ0n) is 11.6. The van der Waals surface area contributed by atoms with Gasteiger partial charge in [-0.25, -0.2) is 8.42 Å². The summed E-state index contributed by atoms with van der Waals surface area (Å²) in [5, 5.41) is 10.3. The number of halogens is 1. The summed E-state index contributed by atoms with van der Waals surface area (Å²) in [6.45, 7) is 2.26. The number of hydrogen-bond donors (Lipinski definition) is 1. The maximum absolute atomic E-state index is 11.6. The lowest BCUT2D eigenvalue weighted by Gasteiger charge is -2.12. The Bertz CT molecular complexity index is 484. The van der Waals surface area contributed by atoms with E-state index in [1.54, 1.807) is 12.1 Å². The third kappa shape index (κ3) is 7.24. The Labute approximate surface area is 125 Å². The second-order valence-electron chi connectivity index (χ2n) is 4.76. The lowest BCUT2D eigenvalue weighted by Crippen LogP contribution is -2.27. The lowest BCUT2D eigenvalue weighted by molar-refractivity contribution is 0.0390. The van der Waals surface area contributed by atoms with Gasteiger partial charge < -0.3 is 9.84 Å². The fourth-order valence-corrected chi connectivity index (χ4v) is 3.39. The zero-order valence-corrected chi connectivity index (χ0v) is 13.2. The minimum Gasteiger partial charge on any atom is -0.390 e. The Balaban J connectivity index is 2.29. The molecular formula is C14H21ClO4S. The van der Waals surface area contributed by atoms with Crippen molar-refractivity contribution in [3.63, 3.8) is 0 Å². The minimum absolute atomic E-state index is 0.00792. The van der Waals surface area contributed by atoms with Crippen molar-refractivity contribution >= 4 is 21.4 Å². The van der Waals surface area contributed by atoms with Crippen LogP contribution in [-0.2, 0) is 21.2 Å². The topological polar surface area (TPSA) is 63.6 Å². The highest BCUT2D eigenvalue weighted by Gasteiger charge is 2.16. The van der Waals surface area contributed by atoms with E-state index < -0.39 is 15.9 Å². The molecule has 6 heteroatoms. The van der Waals surface area contributed by atoms with Crippen LogP contribution >= 0.6 is 11.6 Å². The summed E-state index contributed by atoms with van der Waals surface area (Å²) < 4.78 is 28.6. The number of aliphatic hydroxyl groups excluding tert-OH is 1. The van der Waals surface area contributed by atoms with Crippen LogP contribution < -0.4 is 0 Å². The van der Waals surface area contributed by atoms with Crippen LogP contribution in [0.3, 0.4) is 0 Å². The first-order valence-electron chi connectivity index (χ1n) is 6.63. The largest absolute Gasteiger partial charge is 0.390 e. The molecule has 0 saturated heterocycles. The maximum atomic E-state index is 11.6. The molecule has 1 N–H and O–H groups in total.